The molecule has 36 heavy (non-hydrogen) atoms. The molecule has 3 rings (SSSR count). The van der Waals surface area contributed by atoms with Crippen molar-refractivity contribution in [1.82, 2.24) is 0 Å². The highest BCUT2D eigenvalue weighted by atomic mass is 32.2. The van der Waals surface area contributed by atoms with Crippen LogP contribution in [-0.2, 0) is 28.9 Å². The number of sulfone groups is 1. The van der Waals surface area contributed by atoms with E-state index in [2.05, 4.69) is 5.92 Å². The van der Waals surface area contributed by atoms with E-state index < -0.39 is 21.1 Å². The smallest absolute Gasteiger partial charge is 0.307 e. The molecule has 188 valence electrons. The van der Waals surface area contributed by atoms with Gasteiger partial charge in [-0.2, -0.15) is 0 Å². The highest BCUT2D eigenvalue weighted by Gasteiger charge is 2.33. The number of methoxy groups -OCH3 is 2. The van der Waals surface area contributed by atoms with Gasteiger partial charge in [0.1, 0.15) is 5.25 Å². The lowest BCUT2D eigenvalue weighted by Gasteiger charge is -2.31. The minimum Gasteiger partial charge on any atom is -0.469 e. The zero-order chi connectivity index (χ0) is 26.3. The highest BCUT2D eigenvalue weighted by molar-refractivity contribution is 7.91. The Hall–Kier alpha value is -3.83. The number of esters is 2. The van der Waals surface area contributed by atoms with E-state index in [0.29, 0.717) is 10.9 Å². The summed E-state index contributed by atoms with van der Waals surface area (Å²) in [7, 11) is -1.37. The van der Waals surface area contributed by atoms with Gasteiger partial charge in [-0.05, 0) is 36.1 Å². The fourth-order valence-corrected chi connectivity index (χ4v) is 6.01. The Bertz CT molecular complexity index is 1380. The molecule has 0 bridgehead atoms. The first-order valence-electron chi connectivity index (χ1n) is 11.4. The van der Waals surface area contributed by atoms with Crippen LogP contribution in [0.4, 0.5) is 5.69 Å². The van der Waals surface area contributed by atoms with Crippen LogP contribution in [0.15, 0.2) is 71.6 Å². The third kappa shape index (κ3) is 5.69. The quantitative estimate of drug-likeness (QED) is 0.298. The molecule has 7 nitrogen and oxygen atoms in total. The van der Waals surface area contributed by atoms with Gasteiger partial charge in [0.15, 0.2) is 9.84 Å². The van der Waals surface area contributed by atoms with E-state index >= 15 is 0 Å². The van der Waals surface area contributed by atoms with Crippen molar-refractivity contribution in [2.75, 3.05) is 25.7 Å². The van der Waals surface area contributed by atoms with E-state index in [9.17, 15) is 18.0 Å². The van der Waals surface area contributed by atoms with Gasteiger partial charge in [-0.15, -0.1) is 6.42 Å². The third-order valence-corrected chi connectivity index (χ3v) is 8.20. The molecule has 3 aromatic rings. The van der Waals surface area contributed by atoms with Crippen molar-refractivity contribution in [3.05, 3.63) is 72.3 Å². The van der Waals surface area contributed by atoms with E-state index in [1.165, 1.54) is 26.4 Å². The summed E-state index contributed by atoms with van der Waals surface area (Å²) in [6.07, 6.45) is 5.43. The Labute approximate surface area is 211 Å². The number of ether oxygens (including phenoxy) is 2. The Morgan fingerprint density at radius 1 is 0.889 bits per heavy atom. The number of hydrogen-bond donors (Lipinski definition) is 0. The first-order valence-corrected chi connectivity index (χ1v) is 12.9. The second-order valence-electron chi connectivity index (χ2n) is 8.31. The number of carbonyl (C=O) groups is 2. The summed E-state index contributed by atoms with van der Waals surface area (Å²) in [5, 5.41) is 0.246. The number of terminal acetylenes is 1. The minimum atomic E-state index is -3.94. The van der Waals surface area contributed by atoms with Gasteiger partial charge in [-0.1, -0.05) is 54.5 Å². The first kappa shape index (κ1) is 26.8. The molecule has 0 aromatic heterocycles. The van der Waals surface area contributed by atoms with Crippen molar-refractivity contribution < 1.29 is 27.5 Å². The van der Waals surface area contributed by atoms with Crippen molar-refractivity contribution in [3.63, 3.8) is 0 Å². The number of anilines is 1. The molecule has 0 saturated carbocycles. The zero-order valence-electron chi connectivity index (χ0n) is 20.5. The summed E-state index contributed by atoms with van der Waals surface area (Å²) in [6.45, 7) is 2.10. The molecule has 0 saturated heterocycles. The van der Waals surface area contributed by atoms with Gasteiger partial charge in [-0.3, -0.25) is 9.59 Å². The Kier molecular flexibility index (Phi) is 8.73. The Morgan fingerprint density at radius 3 is 2.08 bits per heavy atom. The standard InChI is InChI=1S/C28H29NO6S/c1-5-17-29(20(2)18-27(30)34-3)25-16-15-24(22-13-9-10-14-23(22)25)26(19-28(31)35-4)36(32,33)21-11-7-6-8-12-21/h1,6-16,20,26H,17-19H2,2-4H3/t20-,26?/m0/s1. The molecular weight excluding hydrogens is 478 g/mol. The molecule has 0 aliphatic carbocycles. The van der Waals surface area contributed by atoms with E-state index in [1.54, 1.807) is 30.3 Å². The molecule has 2 atom stereocenters. The molecule has 0 aliphatic heterocycles. The second-order valence-corrected chi connectivity index (χ2v) is 10.4. The molecule has 0 fully saturated rings. The topological polar surface area (TPSA) is 90.0 Å². The molecule has 3 aromatic carbocycles. The fraction of sp³-hybridized carbons (Fsp3) is 0.286. The molecule has 0 radical (unpaired) electrons. The number of nitrogens with zero attached hydrogens (tertiary/aromatic N) is 1. The lowest BCUT2D eigenvalue weighted by atomic mass is 9.97. The normalized spacial score (nSPS) is 12.8. The lowest BCUT2D eigenvalue weighted by molar-refractivity contribution is -0.141. The van der Waals surface area contributed by atoms with Crippen LogP contribution < -0.4 is 4.90 Å². The maximum atomic E-state index is 13.7. The number of hydrogen-bond acceptors (Lipinski definition) is 7. The summed E-state index contributed by atoms with van der Waals surface area (Å²) in [4.78, 5) is 26.3. The largest absolute Gasteiger partial charge is 0.469 e. The average molecular weight is 508 g/mol. The molecule has 8 heteroatoms. The molecule has 0 aliphatic rings. The monoisotopic (exact) mass is 507 g/mol. The number of rotatable bonds is 10. The van der Waals surface area contributed by atoms with E-state index in [0.717, 1.165) is 11.1 Å². The first-order chi connectivity index (χ1) is 17.2. The van der Waals surface area contributed by atoms with Crippen molar-refractivity contribution in [2.24, 2.45) is 0 Å². The van der Waals surface area contributed by atoms with Crippen LogP contribution in [0, 0.1) is 12.3 Å². The molecular formula is C28H29NO6S. The lowest BCUT2D eigenvalue weighted by Crippen LogP contribution is -2.35. The number of carbonyl (C=O) groups excluding carboxylic acids is 2. The number of fused-ring (bicyclic) bond motifs is 1. The number of benzene rings is 3. The molecule has 0 heterocycles. The van der Waals surface area contributed by atoms with E-state index in [-0.39, 0.29) is 36.3 Å². The van der Waals surface area contributed by atoms with Crippen LogP contribution in [0.25, 0.3) is 10.8 Å². The van der Waals surface area contributed by atoms with Crippen LogP contribution in [-0.4, -0.2) is 47.2 Å². The molecule has 0 spiro atoms. The SMILES string of the molecule is C#CCN(c1ccc(C(CC(=O)OC)S(=O)(=O)c2ccccc2)c2ccccc12)[C@@H](C)CC(=O)OC. The van der Waals surface area contributed by atoms with Crippen molar-refractivity contribution in [1.29, 1.82) is 0 Å². The average Bonchev–Trinajstić information content (AvgIpc) is 2.90. The summed E-state index contributed by atoms with van der Waals surface area (Å²) >= 11 is 0. The molecule has 0 N–H and O–H groups in total. The van der Waals surface area contributed by atoms with Gasteiger partial charge in [0.2, 0.25) is 0 Å². The summed E-state index contributed by atoms with van der Waals surface area (Å²) in [6, 6.07) is 18.6. The Morgan fingerprint density at radius 2 is 1.47 bits per heavy atom. The maximum absolute atomic E-state index is 13.7. The van der Waals surface area contributed by atoms with Gasteiger partial charge in [0, 0.05) is 17.1 Å². The van der Waals surface area contributed by atoms with Crippen molar-refractivity contribution >= 4 is 38.2 Å². The van der Waals surface area contributed by atoms with Crippen LogP contribution in [0.5, 0.6) is 0 Å². The van der Waals surface area contributed by atoms with Crippen molar-refractivity contribution in [2.45, 2.75) is 36.0 Å². The highest BCUT2D eigenvalue weighted by Crippen LogP contribution is 2.39. The van der Waals surface area contributed by atoms with Crippen LogP contribution >= 0.6 is 0 Å². The van der Waals surface area contributed by atoms with Crippen LogP contribution in [0.1, 0.15) is 30.6 Å². The van der Waals surface area contributed by atoms with Gasteiger partial charge in [0.25, 0.3) is 0 Å². The predicted molar refractivity (Wildman–Crippen MR) is 139 cm³/mol. The summed E-state index contributed by atoms with van der Waals surface area (Å²) in [5.74, 6) is 1.64. The van der Waals surface area contributed by atoms with Gasteiger partial charge >= 0.3 is 11.9 Å². The third-order valence-electron chi connectivity index (χ3n) is 6.10. The zero-order valence-corrected chi connectivity index (χ0v) is 21.3. The van der Waals surface area contributed by atoms with Gasteiger partial charge in [-0.25, -0.2) is 8.42 Å². The van der Waals surface area contributed by atoms with Gasteiger partial charge in [0.05, 0.1) is 38.5 Å². The predicted octanol–water partition coefficient (Wildman–Crippen LogP) is 4.31. The van der Waals surface area contributed by atoms with E-state index in [1.807, 2.05) is 36.1 Å². The fourth-order valence-electron chi connectivity index (χ4n) is 4.25. The van der Waals surface area contributed by atoms with E-state index in [4.69, 9.17) is 15.9 Å². The van der Waals surface area contributed by atoms with Crippen LogP contribution in [0.3, 0.4) is 0 Å². The Balaban J connectivity index is 2.21. The minimum absolute atomic E-state index is 0.118. The summed E-state index contributed by atoms with van der Waals surface area (Å²) < 4.78 is 37.1. The summed E-state index contributed by atoms with van der Waals surface area (Å²) in [5.41, 5.74) is 1.22. The van der Waals surface area contributed by atoms with Crippen LogP contribution in [0.2, 0.25) is 0 Å². The van der Waals surface area contributed by atoms with Crippen molar-refractivity contribution in [3.8, 4) is 12.3 Å². The molecule has 0 amide bonds. The van der Waals surface area contributed by atoms with Gasteiger partial charge < -0.3 is 14.4 Å². The maximum Gasteiger partial charge on any atom is 0.307 e. The second kappa shape index (κ2) is 11.7. The molecule has 1 unspecified atom stereocenters.